The minimum atomic E-state index is -1.53. The molecule has 5 N–H and O–H groups in total. The highest BCUT2D eigenvalue weighted by Gasteiger charge is 2.40. The smallest absolute Gasteiger partial charge is 0.451 e. The molecule has 2 heterocycles. The summed E-state index contributed by atoms with van der Waals surface area (Å²) in [6.45, 7) is 1.92. The van der Waals surface area contributed by atoms with Crippen molar-refractivity contribution in [3.8, 4) is 11.5 Å². The third kappa shape index (κ3) is 4.86. The van der Waals surface area contributed by atoms with Crippen molar-refractivity contribution in [1.82, 2.24) is 15.1 Å². The molecule has 1 amide bonds. The van der Waals surface area contributed by atoms with Crippen LogP contribution in [-0.4, -0.2) is 101 Å². The Hall–Kier alpha value is -2.34. The lowest BCUT2D eigenvalue weighted by atomic mass is 9.82. The Morgan fingerprint density at radius 2 is 2.00 bits per heavy atom. The second-order valence-electron chi connectivity index (χ2n) is 8.05. The molecule has 10 nitrogen and oxygen atoms in total. The van der Waals surface area contributed by atoms with Crippen LogP contribution in [0.25, 0.3) is 0 Å². The Kier molecular flexibility index (Phi) is 6.86. The number of aryl methyl sites for hydroxylation is 1. The van der Waals surface area contributed by atoms with Crippen molar-refractivity contribution in [2.75, 3.05) is 33.7 Å². The Labute approximate surface area is 175 Å². The second-order valence-corrected chi connectivity index (χ2v) is 8.05. The molecule has 2 atom stereocenters. The van der Waals surface area contributed by atoms with Crippen molar-refractivity contribution in [2.24, 2.45) is 0 Å². The minimum absolute atomic E-state index is 0.0167. The van der Waals surface area contributed by atoms with Crippen LogP contribution in [0.2, 0.25) is 6.32 Å². The Morgan fingerprint density at radius 3 is 2.60 bits per heavy atom. The molecule has 1 aromatic carbocycles. The van der Waals surface area contributed by atoms with Gasteiger partial charge in [0.05, 0.1) is 6.04 Å². The lowest BCUT2D eigenvalue weighted by Gasteiger charge is -2.42. The molecule has 0 saturated carbocycles. The van der Waals surface area contributed by atoms with Crippen molar-refractivity contribution in [2.45, 2.75) is 37.3 Å². The van der Waals surface area contributed by atoms with Gasteiger partial charge >= 0.3 is 13.1 Å². The number of carboxylic acids is 1. The summed E-state index contributed by atoms with van der Waals surface area (Å²) >= 11 is 0. The monoisotopic (exact) mass is 421 g/mol. The highest BCUT2D eigenvalue weighted by Crippen LogP contribution is 2.34. The van der Waals surface area contributed by atoms with E-state index in [2.05, 4.69) is 10.2 Å². The van der Waals surface area contributed by atoms with Crippen molar-refractivity contribution in [3.05, 3.63) is 23.3 Å². The van der Waals surface area contributed by atoms with Crippen LogP contribution in [0.4, 0.5) is 0 Å². The first-order chi connectivity index (χ1) is 14.2. The fraction of sp³-hybridized carbons (Fsp3) is 0.579. The molecule has 2 aliphatic heterocycles. The summed E-state index contributed by atoms with van der Waals surface area (Å²) in [4.78, 5) is 27.5. The predicted molar refractivity (Wildman–Crippen MR) is 109 cm³/mol. The lowest BCUT2D eigenvalue weighted by Crippen LogP contribution is -2.58. The van der Waals surface area contributed by atoms with Gasteiger partial charge in [-0.2, -0.15) is 0 Å². The molecule has 0 radical (unpaired) electrons. The van der Waals surface area contributed by atoms with Gasteiger partial charge in [0, 0.05) is 39.8 Å². The third-order valence-electron chi connectivity index (χ3n) is 5.64. The van der Waals surface area contributed by atoms with Gasteiger partial charge < -0.3 is 35.2 Å². The number of aromatic hydroxyl groups is 1. The zero-order valence-corrected chi connectivity index (χ0v) is 17.1. The number of likely N-dealkylation sites (tertiary alicyclic amines) is 1. The van der Waals surface area contributed by atoms with Gasteiger partial charge in [-0.1, -0.05) is 6.07 Å². The van der Waals surface area contributed by atoms with E-state index in [0.29, 0.717) is 25.2 Å². The first-order valence-corrected chi connectivity index (χ1v) is 9.97. The minimum Gasteiger partial charge on any atom is -0.507 e. The first kappa shape index (κ1) is 22.4. The van der Waals surface area contributed by atoms with Crippen LogP contribution in [0.5, 0.6) is 11.5 Å². The molecular formula is C19H28BN3O7. The van der Waals surface area contributed by atoms with E-state index in [9.17, 15) is 19.8 Å². The van der Waals surface area contributed by atoms with Crippen LogP contribution in [0.1, 0.15) is 22.3 Å². The van der Waals surface area contributed by atoms with Crippen molar-refractivity contribution in [1.29, 1.82) is 0 Å². The topological polar surface area (TPSA) is 143 Å². The number of hydrogen-bond acceptors (Lipinski definition) is 8. The molecule has 1 unspecified atom stereocenters. The van der Waals surface area contributed by atoms with E-state index in [1.54, 1.807) is 19.0 Å². The molecule has 2 fully saturated rings. The summed E-state index contributed by atoms with van der Waals surface area (Å²) in [6.07, 6.45) is 0.618. The maximum atomic E-state index is 12.1. The molecule has 1 aromatic rings. The number of nitrogens with zero attached hydrogens (tertiary/aromatic N) is 2. The highest BCUT2D eigenvalue weighted by atomic mass is 16.5. The maximum Gasteiger partial charge on any atom is 0.451 e. The molecule has 2 saturated heterocycles. The zero-order chi connectivity index (χ0) is 22.0. The lowest BCUT2D eigenvalue weighted by molar-refractivity contribution is -0.130. The summed E-state index contributed by atoms with van der Waals surface area (Å²) in [6, 6.07) is 3.06. The van der Waals surface area contributed by atoms with Crippen molar-refractivity contribution < 1.29 is 34.6 Å². The van der Waals surface area contributed by atoms with Gasteiger partial charge in [-0.05, 0) is 30.8 Å². The number of rotatable bonds is 8. The largest absolute Gasteiger partial charge is 0.507 e. The van der Waals surface area contributed by atoms with Crippen molar-refractivity contribution in [3.63, 3.8) is 0 Å². The summed E-state index contributed by atoms with van der Waals surface area (Å²) < 4.78 is 5.83. The highest BCUT2D eigenvalue weighted by molar-refractivity contribution is 6.41. The Bertz CT molecular complexity index is 799. The normalized spacial score (nSPS) is 21.9. The number of aromatic carboxylic acids is 1. The second kappa shape index (κ2) is 9.21. The predicted octanol–water partition coefficient (Wildman–Crippen LogP) is -1.01. The zero-order valence-electron chi connectivity index (χ0n) is 17.1. The summed E-state index contributed by atoms with van der Waals surface area (Å²) in [5, 5.41) is 41.1. The van der Waals surface area contributed by atoms with Gasteiger partial charge in [0.1, 0.15) is 23.2 Å². The van der Waals surface area contributed by atoms with Crippen LogP contribution in [0.15, 0.2) is 12.1 Å². The number of ether oxygens (including phenoxy) is 1. The summed E-state index contributed by atoms with van der Waals surface area (Å²) in [7, 11) is 1.93. The van der Waals surface area contributed by atoms with E-state index >= 15 is 0 Å². The Balaban J connectivity index is 1.58. The molecule has 0 bridgehead atoms. The average Bonchev–Trinajstić information content (AvgIpc) is 3.11. The van der Waals surface area contributed by atoms with Crippen LogP contribution in [0, 0.1) is 0 Å². The van der Waals surface area contributed by atoms with Crippen LogP contribution >= 0.6 is 0 Å². The molecule has 2 aliphatic rings. The van der Waals surface area contributed by atoms with Crippen LogP contribution in [0.3, 0.4) is 0 Å². The molecule has 0 aliphatic carbocycles. The number of likely N-dealkylation sites (N-methyl/N-ethyl adjacent to an activating group) is 1. The van der Waals surface area contributed by atoms with E-state index < -0.39 is 18.8 Å². The van der Waals surface area contributed by atoms with E-state index in [-0.39, 0.29) is 48.1 Å². The average molecular weight is 421 g/mol. The number of amides is 1. The van der Waals surface area contributed by atoms with E-state index in [0.717, 1.165) is 6.42 Å². The number of carbonyl (C=O) groups is 2. The quantitative estimate of drug-likeness (QED) is 0.334. The Morgan fingerprint density at radius 1 is 1.30 bits per heavy atom. The fourth-order valence-corrected chi connectivity index (χ4v) is 3.92. The van der Waals surface area contributed by atoms with E-state index in [4.69, 9.17) is 14.8 Å². The van der Waals surface area contributed by atoms with Gasteiger partial charge in [0.25, 0.3) is 0 Å². The first-order valence-electron chi connectivity index (χ1n) is 9.97. The van der Waals surface area contributed by atoms with Gasteiger partial charge in [-0.25, -0.2) is 4.79 Å². The number of carbonyl (C=O) groups excluding carboxylic acids is 1. The number of hydrogen-bond donors (Lipinski definition) is 5. The molecule has 3 rings (SSSR count). The molecule has 30 heavy (non-hydrogen) atoms. The molecule has 0 spiro atoms. The number of carboxylic acid groups (broad SMARTS) is 1. The van der Waals surface area contributed by atoms with Crippen LogP contribution < -0.4 is 10.1 Å². The van der Waals surface area contributed by atoms with E-state index in [1.165, 1.54) is 12.1 Å². The van der Waals surface area contributed by atoms with Gasteiger partial charge in [-0.3, -0.25) is 9.69 Å². The number of nitrogens with one attached hydrogen (secondary N) is 1. The fourth-order valence-electron chi connectivity index (χ4n) is 3.92. The molecule has 164 valence electrons. The molecule has 0 aromatic heterocycles. The van der Waals surface area contributed by atoms with Gasteiger partial charge in [-0.15, -0.1) is 0 Å². The van der Waals surface area contributed by atoms with Gasteiger partial charge in [0.2, 0.25) is 5.91 Å². The van der Waals surface area contributed by atoms with E-state index in [1.807, 2.05) is 0 Å². The maximum absolute atomic E-state index is 12.1. The third-order valence-corrected chi connectivity index (χ3v) is 5.64. The summed E-state index contributed by atoms with van der Waals surface area (Å²) in [5.74, 6) is -1.58. The van der Waals surface area contributed by atoms with Gasteiger partial charge in [0.15, 0.2) is 0 Å². The molecular weight excluding hydrogens is 393 g/mol. The number of phenols is 1. The molecule has 11 heteroatoms. The number of benzene rings is 1. The standard InChI is InChI=1S/C19H28BN3O7/c1-22(2)18(25)14-7-12(8-21-14)23-9-13(10-23)30-15-4-3-11(5-6-20(28)29)17(24)16(15)19(26)27/h3-4,12-14,21,24,28-29H,5-10H2,1-2H3,(H,26,27)/t12?,14-/m0/s1. The van der Waals surface area contributed by atoms with Crippen molar-refractivity contribution >= 4 is 19.0 Å². The summed E-state index contributed by atoms with van der Waals surface area (Å²) in [5.41, 5.74) is -0.00530. The van der Waals surface area contributed by atoms with Crippen LogP contribution in [-0.2, 0) is 11.2 Å². The SMILES string of the molecule is CN(C)C(=O)[C@@H]1CC(N2CC(Oc3ccc(CCB(O)O)c(O)c3C(=O)O)C2)CN1.